The molecule has 1 aliphatic heterocycles. The quantitative estimate of drug-likeness (QED) is 0.799. The Morgan fingerprint density at radius 1 is 1.19 bits per heavy atom. The molecule has 0 saturated carbocycles. The van der Waals surface area contributed by atoms with E-state index < -0.39 is 0 Å². The molecule has 0 spiro atoms. The normalized spacial score (nSPS) is 15.1. The summed E-state index contributed by atoms with van der Waals surface area (Å²) in [4.78, 5) is 25.5. The van der Waals surface area contributed by atoms with Crippen LogP contribution in [0.3, 0.4) is 0 Å². The van der Waals surface area contributed by atoms with Gasteiger partial charge in [-0.1, -0.05) is 30.3 Å². The third kappa shape index (κ3) is 4.56. The lowest BCUT2D eigenvalue weighted by atomic mass is 10.2. The fourth-order valence-electron chi connectivity index (χ4n) is 3.04. The zero-order valence-corrected chi connectivity index (χ0v) is 15.1. The number of aliphatic hydroxyl groups excluding tert-OH is 1. The first-order valence-corrected chi connectivity index (χ1v) is 8.91. The number of carbonyl (C=O) groups excluding carboxylic acids is 1. The minimum Gasteiger partial charge on any atom is -0.395 e. The molecule has 1 aromatic heterocycles. The van der Waals surface area contributed by atoms with Crippen LogP contribution in [0.25, 0.3) is 0 Å². The maximum absolute atomic E-state index is 12.0. The van der Waals surface area contributed by atoms with E-state index in [9.17, 15) is 4.79 Å². The highest BCUT2D eigenvalue weighted by molar-refractivity contribution is 5.94. The van der Waals surface area contributed by atoms with E-state index in [1.54, 1.807) is 6.20 Å². The van der Waals surface area contributed by atoms with Crippen molar-refractivity contribution in [2.75, 3.05) is 44.2 Å². The van der Waals surface area contributed by atoms with Crippen molar-refractivity contribution >= 4 is 11.9 Å². The van der Waals surface area contributed by atoms with Crippen molar-refractivity contribution in [3.63, 3.8) is 0 Å². The predicted molar refractivity (Wildman–Crippen MR) is 100 cm³/mol. The molecule has 0 radical (unpaired) electrons. The van der Waals surface area contributed by atoms with Gasteiger partial charge in [-0.3, -0.25) is 9.69 Å². The number of piperazine rings is 1. The van der Waals surface area contributed by atoms with Crippen molar-refractivity contribution in [2.24, 2.45) is 0 Å². The fraction of sp³-hybridized carbons (Fsp3) is 0.421. The molecule has 3 rings (SSSR count). The Balaban J connectivity index is 1.57. The molecule has 2 heterocycles. The number of benzene rings is 1. The van der Waals surface area contributed by atoms with Gasteiger partial charge in [0.25, 0.3) is 5.91 Å². The predicted octanol–water partition coefficient (Wildman–Crippen LogP) is 0.829. The van der Waals surface area contributed by atoms with Gasteiger partial charge in [0.2, 0.25) is 5.95 Å². The lowest BCUT2D eigenvalue weighted by Crippen LogP contribution is -2.46. The Labute approximate surface area is 153 Å². The van der Waals surface area contributed by atoms with Crippen LogP contribution in [0.4, 0.5) is 5.95 Å². The van der Waals surface area contributed by atoms with Gasteiger partial charge in [0.1, 0.15) is 0 Å². The average Bonchev–Trinajstić information content (AvgIpc) is 2.67. The number of nitrogens with one attached hydrogen (secondary N) is 1. The summed E-state index contributed by atoms with van der Waals surface area (Å²) < 4.78 is 0. The Morgan fingerprint density at radius 3 is 2.58 bits per heavy atom. The van der Waals surface area contributed by atoms with Crippen LogP contribution in [-0.4, -0.2) is 65.2 Å². The SMILES string of the molecule is Cc1nc(N2CCN(Cc3ccccc3)CC2)ncc1C(=O)NCCO. The van der Waals surface area contributed by atoms with Crippen LogP contribution in [0.1, 0.15) is 21.6 Å². The molecule has 1 fully saturated rings. The first-order chi connectivity index (χ1) is 12.7. The third-order valence-corrected chi connectivity index (χ3v) is 4.51. The zero-order chi connectivity index (χ0) is 18.4. The molecule has 138 valence electrons. The van der Waals surface area contributed by atoms with Crippen molar-refractivity contribution < 1.29 is 9.90 Å². The number of amides is 1. The van der Waals surface area contributed by atoms with Crippen molar-refractivity contribution in [3.8, 4) is 0 Å². The summed E-state index contributed by atoms with van der Waals surface area (Å²) in [5.41, 5.74) is 2.42. The van der Waals surface area contributed by atoms with Crippen LogP contribution in [0.5, 0.6) is 0 Å². The third-order valence-electron chi connectivity index (χ3n) is 4.51. The highest BCUT2D eigenvalue weighted by Crippen LogP contribution is 2.15. The van der Waals surface area contributed by atoms with E-state index in [-0.39, 0.29) is 19.1 Å². The molecule has 0 aliphatic carbocycles. The average molecular weight is 355 g/mol. The number of carbonyl (C=O) groups is 1. The molecular weight excluding hydrogens is 330 g/mol. The molecule has 1 aliphatic rings. The topological polar surface area (TPSA) is 81.6 Å². The van der Waals surface area contributed by atoms with Gasteiger partial charge in [-0.25, -0.2) is 9.97 Å². The first kappa shape index (κ1) is 18.3. The lowest BCUT2D eigenvalue weighted by Gasteiger charge is -2.34. The number of aliphatic hydroxyl groups is 1. The second kappa shape index (κ2) is 8.73. The van der Waals surface area contributed by atoms with Crippen LogP contribution in [-0.2, 0) is 6.54 Å². The van der Waals surface area contributed by atoms with Crippen LogP contribution < -0.4 is 10.2 Å². The smallest absolute Gasteiger partial charge is 0.254 e. The Kier molecular flexibility index (Phi) is 6.14. The monoisotopic (exact) mass is 355 g/mol. The van der Waals surface area contributed by atoms with Crippen LogP contribution in [0.2, 0.25) is 0 Å². The van der Waals surface area contributed by atoms with Crippen LogP contribution >= 0.6 is 0 Å². The van der Waals surface area contributed by atoms with Crippen molar-refractivity contribution in [1.29, 1.82) is 0 Å². The zero-order valence-electron chi connectivity index (χ0n) is 15.1. The number of anilines is 1. The molecule has 0 bridgehead atoms. The lowest BCUT2D eigenvalue weighted by molar-refractivity contribution is 0.0943. The molecular formula is C19H25N5O2. The van der Waals surface area contributed by atoms with E-state index in [0.29, 0.717) is 17.2 Å². The highest BCUT2D eigenvalue weighted by atomic mass is 16.3. The van der Waals surface area contributed by atoms with Gasteiger partial charge >= 0.3 is 0 Å². The molecule has 7 nitrogen and oxygen atoms in total. The minimum atomic E-state index is -0.254. The number of rotatable bonds is 6. The van der Waals surface area contributed by atoms with Gasteiger partial charge in [-0.05, 0) is 12.5 Å². The van der Waals surface area contributed by atoms with Crippen LogP contribution in [0.15, 0.2) is 36.5 Å². The summed E-state index contributed by atoms with van der Waals surface area (Å²) in [5.74, 6) is 0.413. The summed E-state index contributed by atoms with van der Waals surface area (Å²) >= 11 is 0. The number of nitrogens with zero attached hydrogens (tertiary/aromatic N) is 4. The van der Waals surface area contributed by atoms with E-state index >= 15 is 0 Å². The number of aromatic nitrogens is 2. The van der Waals surface area contributed by atoms with E-state index in [1.807, 2.05) is 13.0 Å². The van der Waals surface area contributed by atoms with Gasteiger partial charge in [0.15, 0.2) is 0 Å². The number of aryl methyl sites for hydroxylation is 1. The van der Waals surface area contributed by atoms with Gasteiger partial charge in [0.05, 0.1) is 17.9 Å². The van der Waals surface area contributed by atoms with Gasteiger partial charge in [-0.2, -0.15) is 0 Å². The van der Waals surface area contributed by atoms with E-state index in [0.717, 1.165) is 32.7 Å². The molecule has 7 heteroatoms. The molecule has 1 amide bonds. The van der Waals surface area contributed by atoms with Gasteiger partial charge < -0.3 is 15.3 Å². The molecule has 2 aromatic rings. The summed E-state index contributed by atoms with van der Waals surface area (Å²) in [5, 5.41) is 11.4. The maximum Gasteiger partial charge on any atom is 0.254 e. The second-order valence-corrected chi connectivity index (χ2v) is 6.40. The van der Waals surface area contributed by atoms with Crippen LogP contribution in [0, 0.1) is 6.92 Å². The van der Waals surface area contributed by atoms with Gasteiger partial charge in [0, 0.05) is 45.5 Å². The molecule has 26 heavy (non-hydrogen) atoms. The van der Waals surface area contributed by atoms with Crippen molar-refractivity contribution in [2.45, 2.75) is 13.5 Å². The molecule has 2 N–H and O–H groups in total. The van der Waals surface area contributed by atoms with E-state index in [2.05, 4.69) is 49.4 Å². The van der Waals surface area contributed by atoms with Crippen molar-refractivity contribution in [3.05, 3.63) is 53.3 Å². The first-order valence-electron chi connectivity index (χ1n) is 8.91. The number of hydrogen-bond donors (Lipinski definition) is 2. The summed E-state index contributed by atoms with van der Waals surface area (Å²) in [6.45, 7) is 6.54. The fourth-order valence-corrected chi connectivity index (χ4v) is 3.04. The molecule has 1 saturated heterocycles. The second-order valence-electron chi connectivity index (χ2n) is 6.40. The summed E-state index contributed by atoms with van der Waals surface area (Å²) in [7, 11) is 0. The highest BCUT2D eigenvalue weighted by Gasteiger charge is 2.20. The molecule has 0 atom stereocenters. The van der Waals surface area contributed by atoms with E-state index in [1.165, 1.54) is 5.56 Å². The largest absolute Gasteiger partial charge is 0.395 e. The Hall–Kier alpha value is -2.51. The number of hydrogen-bond acceptors (Lipinski definition) is 6. The maximum atomic E-state index is 12.0. The summed E-state index contributed by atoms with van der Waals surface area (Å²) in [6.07, 6.45) is 1.57. The van der Waals surface area contributed by atoms with E-state index in [4.69, 9.17) is 5.11 Å². The standard InChI is InChI=1S/C19H25N5O2/c1-15-17(18(26)20-7-12-25)13-21-19(22-15)24-10-8-23(9-11-24)14-16-5-3-2-4-6-16/h2-6,13,25H,7-12,14H2,1H3,(H,20,26). The summed E-state index contributed by atoms with van der Waals surface area (Å²) in [6, 6.07) is 10.5. The molecule has 0 unspecified atom stereocenters. The Bertz CT molecular complexity index is 730. The Morgan fingerprint density at radius 2 is 1.92 bits per heavy atom. The minimum absolute atomic E-state index is 0.0863. The molecule has 1 aromatic carbocycles. The van der Waals surface area contributed by atoms with Crippen molar-refractivity contribution in [1.82, 2.24) is 20.2 Å². The van der Waals surface area contributed by atoms with Gasteiger partial charge in [-0.15, -0.1) is 0 Å².